The van der Waals surface area contributed by atoms with Crippen molar-refractivity contribution in [1.29, 1.82) is 0 Å². The third-order valence-corrected chi connectivity index (χ3v) is 4.65. The predicted molar refractivity (Wildman–Crippen MR) is 94.8 cm³/mol. The van der Waals surface area contributed by atoms with E-state index in [0.29, 0.717) is 0 Å². The van der Waals surface area contributed by atoms with E-state index in [1.165, 1.54) is 16.7 Å². The Morgan fingerprint density at radius 3 is 2.38 bits per heavy atom. The first-order chi connectivity index (χ1) is 10.2. The number of rotatable bonds is 6. The predicted octanol–water partition coefficient (Wildman–Crippen LogP) is 4.71. The summed E-state index contributed by atoms with van der Waals surface area (Å²) in [6.07, 6.45) is 0.947. The van der Waals surface area contributed by atoms with Crippen LogP contribution in [0.1, 0.15) is 22.7 Å². The number of ether oxygens (including phenoxy) is 1. The van der Waals surface area contributed by atoms with Gasteiger partial charge in [0.15, 0.2) is 0 Å². The summed E-state index contributed by atoms with van der Waals surface area (Å²) < 4.78 is 7.29. The third kappa shape index (κ3) is 4.39. The Morgan fingerprint density at radius 2 is 1.81 bits per heavy atom. The fraction of sp³-hybridized carbons (Fsp3) is 0.294. The van der Waals surface area contributed by atoms with Gasteiger partial charge in [-0.3, -0.25) is 0 Å². The van der Waals surface area contributed by atoms with Crippen LogP contribution in [0.25, 0.3) is 0 Å². The van der Waals surface area contributed by atoms with Crippen molar-refractivity contribution >= 4 is 31.9 Å². The summed E-state index contributed by atoms with van der Waals surface area (Å²) in [4.78, 5) is 0. The molecule has 2 aromatic rings. The topological polar surface area (TPSA) is 21.3 Å². The third-order valence-electron chi connectivity index (χ3n) is 3.47. The summed E-state index contributed by atoms with van der Waals surface area (Å²) >= 11 is 7.14. The molecule has 1 unspecified atom stereocenters. The zero-order chi connectivity index (χ0) is 15.2. The van der Waals surface area contributed by atoms with Gasteiger partial charge in [0.1, 0.15) is 0 Å². The van der Waals surface area contributed by atoms with E-state index in [1.807, 2.05) is 7.05 Å². The second kappa shape index (κ2) is 8.08. The minimum Gasteiger partial charge on any atom is -0.384 e. The van der Waals surface area contributed by atoms with Gasteiger partial charge >= 0.3 is 0 Å². The van der Waals surface area contributed by atoms with Gasteiger partial charge in [-0.2, -0.15) is 0 Å². The first-order valence-electron chi connectivity index (χ1n) is 6.85. The maximum absolute atomic E-state index is 5.12. The Kier molecular flexibility index (Phi) is 6.42. The lowest BCUT2D eigenvalue weighted by Crippen LogP contribution is -2.18. The lowest BCUT2D eigenvalue weighted by molar-refractivity contribution is 0.202. The Morgan fingerprint density at radius 1 is 1.10 bits per heavy atom. The number of hydrogen-bond acceptors (Lipinski definition) is 2. The van der Waals surface area contributed by atoms with E-state index in [9.17, 15) is 0 Å². The zero-order valence-electron chi connectivity index (χ0n) is 12.2. The van der Waals surface area contributed by atoms with E-state index in [4.69, 9.17) is 4.74 Å². The summed E-state index contributed by atoms with van der Waals surface area (Å²) in [5.41, 5.74) is 3.78. The molecule has 0 saturated heterocycles. The summed E-state index contributed by atoms with van der Waals surface area (Å²) in [5, 5.41) is 3.39. The van der Waals surface area contributed by atoms with Gasteiger partial charge < -0.3 is 10.1 Å². The molecule has 1 atom stereocenters. The van der Waals surface area contributed by atoms with Gasteiger partial charge in [-0.25, -0.2) is 0 Å². The van der Waals surface area contributed by atoms with E-state index >= 15 is 0 Å². The smallest absolute Gasteiger partial charge is 0.0585 e. The number of methoxy groups -OCH3 is 1. The number of benzene rings is 2. The molecular formula is C17H19Br2NO. The SMILES string of the molecule is CNC(c1ccc(CCOC)cc1)c1ccc(Br)cc1Br. The molecule has 0 fully saturated rings. The van der Waals surface area contributed by atoms with Crippen LogP contribution in [0.4, 0.5) is 0 Å². The highest BCUT2D eigenvalue weighted by Crippen LogP contribution is 2.30. The van der Waals surface area contributed by atoms with E-state index in [0.717, 1.165) is 22.0 Å². The second-order valence-corrected chi connectivity index (χ2v) is 6.64. The van der Waals surface area contributed by atoms with Gasteiger partial charge in [0, 0.05) is 16.1 Å². The highest BCUT2D eigenvalue weighted by molar-refractivity contribution is 9.11. The Balaban J connectivity index is 2.24. The Hall–Kier alpha value is -0.680. The van der Waals surface area contributed by atoms with Crippen molar-refractivity contribution in [3.63, 3.8) is 0 Å². The van der Waals surface area contributed by atoms with Crippen molar-refractivity contribution in [2.75, 3.05) is 20.8 Å². The molecule has 0 aliphatic rings. The molecule has 0 spiro atoms. The van der Waals surface area contributed by atoms with Crippen LogP contribution in [0.5, 0.6) is 0 Å². The van der Waals surface area contributed by atoms with Crippen LogP contribution in [0.3, 0.4) is 0 Å². The Labute approximate surface area is 143 Å². The van der Waals surface area contributed by atoms with E-state index < -0.39 is 0 Å². The van der Waals surface area contributed by atoms with E-state index in [-0.39, 0.29) is 6.04 Å². The first-order valence-corrected chi connectivity index (χ1v) is 8.44. The van der Waals surface area contributed by atoms with E-state index in [1.54, 1.807) is 7.11 Å². The van der Waals surface area contributed by atoms with Crippen LogP contribution in [0.15, 0.2) is 51.4 Å². The van der Waals surface area contributed by atoms with Gasteiger partial charge in [0.05, 0.1) is 12.6 Å². The van der Waals surface area contributed by atoms with Crippen LogP contribution < -0.4 is 5.32 Å². The molecule has 112 valence electrons. The highest BCUT2D eigenvalue weighted by Gasteiger charge is 2.15. The maximum Gasteiger partial charge on any atom is 0.0585 e. The van der Waals surface area contributed by atoms with Gasteiger partial charge in [-0.05, 0) is 42.3 Å². The molecule has 0 radical (unpaired) electrons. The second-order valence-electron chi connectivity index (χ2n) is 4.87. The van der Waals surface area contributed by atoms with Crippen LogP contribution in [-0.4, -0.2) is 20.8 Å². The molecule has 0 aromatic heterocycles. The molecule has 0 aliphatic heterocycles. The van der Waals surface area contributed by atoms with Crippen molar-refractivity contribution < 1.29 is 4.74 Å². The molecule has 1 N–H and O–H groups in total. The summed E-state index contributed by atoms with van der Waals surface area (Å²) in [6, 6.07) is 15.2. The standard InChI is InChI=1S/C17H19Br2NO/c1-20-17(15-8-7-14(18)11-16(15)19)13-5-3-12(4-6-13)9-10-21-2/h3-8,11,17,20H,9-10H2,1-2H3. The summed E-state index contributed by atoms with van der Waals surface area (Å²) in [7, 11) is 3.72. The monoisotopic (exact) mass is 411 g/mol. The average molecular weight is 413 g/mol. The average Bonchev–Trinajstić information content (AvgIpc) is 2.49. The van der Waals surface area contributed by atoms with E-state index in [2.05, 4.69) is 79.6 Å². The molecule has 0 amide bonds. The van der Waals surface area contributed by atoms with Crippen LogP contribution in [0.2, 0.25) is 0 Å². The Bertz CT molecular complexity index is 584. The molecule has 2 rings (SSSR count). The minimum atomic E-state index is 0.170. The summed E-state index contributed by atoms with van der Waals surface area (Å²) in [5.74, 6) is 0. The van der Waals surface area contributed by atoms with Gasteiger partial charge in [0.2, 0.25) is 0 Å². The molecule has 21 heavy (non-hydrogen) atoms. The molecular weight excluding hydrogens is 394 g/mol. The molecule has 2 aromatic carbocycles. The van der Waals surface area contributed by atoms with Crippen molar-refractivity contribution in [2.24, 2.45) is 0 Å². The first kappa shape index (κ1) is 16.7. The highest BCUT2D eigenvalue weighted by atomic mass is 79.9. The normalized spacial score (nSPS) is 12.4. The summed E-state index contributed by atoms with van der Waals surface area (Å²) in [6.45, 7) is 0.757. The lowest BCUT2D eigenvalue weighted by Gasteiger charge is -2.19. The quantitative estimate of drug-likeness (QED) is 0.741. The molecule has 4 heteroatoms. The van der Waals surface area contributed by atoms with Gasteiger partial charge in [-0.15, -0.1) is 0 Å². The molecule has 0 bridgehead atoms. The maximum atomic E-state index is 5.12. The number of hydrogen-bond donors (Lipinski definition) is 1. The molecule has 0 heterocycles. The number of nitrogens with one attached hydrogen (secondary N) is 1. The van der Waals surface area contributed by atoms with Crippen LogP contribution in [0, 0.1) is 0 Å². The van der Waals surface area contributed by atoms with Crippen LogP contribution >= 0.6 is 31.9 Å². The van der Waals surface area contributed by atoms with Crippen molar-refractivity contribution in [3.05, 3.63) is 68.1 Å². The van der Waals surface area contributed by atoms with Gasteiger partial charge in [0.25, 0.3) is 0 Å². The molecule has 2 nitrogen and oxygen atoms in total. The van der Waals surface area contributed by atoms with Crippen molar-refractivity contribution in [2.45, 2.75) is 12.5 Å². The van der Waals surface area contributed by atoms with Crippen molar-refractivity contribution in [1.82, 2.24) is 5.32 Å². The fourth-order valence-electron chi connectivity index (χ4n) is 2.33. The molecule has 0 saturated carbocycles. The van der Waals surface area contributed by atoms with Gasteiger partial charge in [-0.1, -0.05) is 62.2 Å². The fourth-order valence-corrected chi connectivity index (χ4v) is 3.61. The lowest BCUT2D eigenvalue weighted by atomic mass is 9.97. The van der Waals surface area contributed by atoms with Crippen LogP contribution in [-0.2, 0) is 11.2 Å². The van der Waals surface area contributed by atoms with Crippen molar-refractivity contribution in [3.8, 4) is 0 Å². The number of halogens is 2. The zero-order valence-corrected chi connectivity index (χ0v) is 15.4. The minimum absolute atomic E-state index is 0.170. The largest absolute Gasteiger partial charge is 0.384 e. The molecule has 0 aliphatic carbocycles.